The number of aromatic nitrogens is 2. The number of nitro benzene ring substituents is 1. The van der Waals surface area contributed by atoms with Crippen molar-refractivity contribution in [1.29, 1.82) is 0 Å². The monoisotopic (exact) mass is 261 g/mol. The predicted molar refractivity (Wildman–Crippen MR) is 70.5 cm³/mol. The first-order valence-corrected chi connectivity index (χ1v) is 5.82. The minimum Gasteiger partial charge on any atom is -0.490 e. The van der Waals surface area contributed by atoms with E-state index in [0.717, 1.165) is 17.0 Å². The van der Waals surface area contributed by atoms with E-state index < -0.39 is 4.92 Å². The summed E-state index contributed by atoms with van der Waals surface area (Å²) in [4.78, 5) is 14.7. The second kappa shape index (κ2) is 5.09. The molecular weight excluding hydrogens is 246 g/mol. The SMILES string of the molecule is COc1ccc(Cn2cnc(C)c2C)cc1[N+](=O)[O-]. The van der Waals surface area contributed by atoms with Crippen molar-refractivity contribution in [3.05, 3.63) is 51.6 Å². The number of rotatable bonds is 4. The first kappa shape index (κ1) is 13.1. The Morgan fingerprint density at radius 2 is 2.16 bits per heavy atom. The van der Waals surface area contributed by atoms with Gasteiger partial charge in [-0.2, -0.15) is 0 Å². The summed E-state index contributed by atoms with van der Waals surface area (Å²) in [6.07, 6.45) is 1.74. The largest absolute Gasteiger partial charge is 0.490 e. The molecule has 0 spiro atoms. The van der Waals surface area contributed by atoms with Crippen LogP contribution < -0.4 is 4.74 Å². The van der Waals surface area contributed by atoms with Crippen LogP contribution in [-0.4, -0.2) is 21.6 Å². The summed E-state index contributed by atoms with van der Waals surface area (Å²) in [5.41, 5.74) is 2.84. The van der Waals surface area contributed by atoms with Gasteiger partial charge in [-0.1, -0.05) is 6.07 Å². The summed E-state index contributed by atoms with van der Waals surface area (Å²) in [7, 11) is 1.42. The van der Waals surface area contributed by atoms with E-state index in [1.807, 2.05) is 24.5 Å². The molecule has 0 radical (unpaired) electrons. The molecule has 1 heterocycles. The molecule has 100 valence electrons. The van der Waals surface area contributed by atoms with E-state index in [0.29, 0.717) is 6.54 Å². The van der Waals surface area contributed by atoms with E-state index in [2.05, 4.69) is 4.98 Å². The quantitative estimate of drug-likeness (QED) is 0.626. The van der Waals surface area contributed by atoms with Crippen LogP contribution in [0.1, 0.15) is 17.0 Å². The molecule has 2 aromatic rings. The summed E-state index contributed by atoms with van der Waals surface area (Å²) >= 11 is 0. The summed E-state index contributed by atoms with van der Waals surface area (Å²) < 4.78 is 6.94. The Morgan fingerprint density at radius 1 is 1.42 bits per heavy atom. The number of hydrogen-bond acceptors (Lipinski definition) is 4. The Balaban J connectivity index is 2.34. The zero-order valence-electron chi connectivity index (χ0n) is 11.1. The maximum absolute atomic E-state index is 11.0. The molecule has 0 aliphatic heterocycles. The van der Waals surface area contributed by atoms with Gasteiger partial charge in [-0.3, -0.25) is 10.1 Å². The van der Waals surface area contributed by atoms with E-state index in [1.165, 1.54) is 13.2 Å². The number of ether oxygens (including phenoxy) is 1. The zero-order valence-corrected chi connectivity index (χ0v) is 11.1. The minimum absolute atomic E-state index is 0.0190. The van der Waals surface area contributed by atoms with Crippen molar-refractivity contribution in [2.45, 2.75) is 20.4 Å². The summed E-state index contributed by atoms with van der Waals surface area (Å²) in [5, 5.41) is 11.0. The molecule has 1 aromatic carbocycles. The average Bonchev–Trinajstić information content (AvgIpc) is 2.70. The molecule has 0 atom stereocenters. The zero-order chi connectivity index (χ0) is 14.0. The number of nitro groups is 1. The molecular formula is C13H15N3O3. The average molecular weight is 261 g/mol. The van der Waals surface area contributed by atoms with Crippen LogP contribution in [0.25, 0.3) is 0 Å². The van der Waals surface area contributed by atoms with Crippen molar-refractivity contribution >= 4 is 5.69 Å². The van der Waals surface area contributed by atoms with E-state index >= 15 is 0 Å². The molecule has 0 saturated heterocycles. The Kier molecular flexibility index (Phi) is 3.50. The van der Waals surface area contributed by atoms with Gasteiger partial charge in [0.15, 0.2) is 5.75 Å². The Morgan fingerprint density at radius 3 is 2.68 bits per heavy atom. The highest BCUT2D eigenvalue weighted by Gasteiger charge is 2.15. The fourth-order valence-electron chi connectivity index (χ4n) is 1.88. The molecule has 0 fully saturated rings. The van der Waals surface area contributed by atoms with Gasteiger partial charge in [0.25, 0.3) is 0 Å². The van der Waals surface area contributed by atoms with Gasteiger partial charge < -0.3 is 9.30 Å². The van der Waals surface area contributed by atoms with E-state index in [9.17, 15) is 10.1 Å². The molecule has 0 N–H and O–H groups in total. The lowest BCUT2D eigenvalue weighted by molar-refractivity contribution is -0.385. The van der Waals surface area contributed by atoms with Gasteiger partial charge in [-0.15, -0.1) is 0 Å². The summed E-state index contributed by atoms with van der Waals surface area (Å²) in [6, 6.07) is 4.97. The third-order valence-electron chi connectivity index (χ3n) is 3.14. The van der Waals surface area contributed by atoms with Gasteiger partial charge in [0.1, 0.15) is 0 Å². The van der Waals surface area contributed by atoms with Gasteiger partial charge >= 0.3 is 5.69 Å². The van der Waals surface area contributed by atoms with Crippen molar-refractivity contribution in [3.63, 3.8) is 0 Å². The number of hydrogen-bond donors (Lipinski definition) is 0. The van der Waals surface area contributed by atoms with Crippen molar-refractivity contribution in [1.82, 2.24) is 9.55 Å². The Bertz CT molecular complexity index is 620. The first-order valence-electron chi connectivity index (χ1n) is 5.82. The van der Waals surface area contributed by atoms with Crippen molar-refractivity contribution in [2.75, 3.05) is 7.11 Å². The fourth-order valence-corrected chi connectivity index (χ4v) is 1.88. The van der Waals surface area contributed by atoms with Gasteiger partial charge in [-0.05, 0) is 25.5 Å². The lowest BCUT2D eigenvalue weighted by Crippen LogP contribution is -2.02. The number of aryl methyl sites for hydroxylation is 1. The third-order valence-corrected chi connectivity index (χ3v) is 3.14. The molecule has 19 heavy (non-hydrogen) atoms. The molecule has 0 aliphatic carbocycles. The normalized spacial score (nSPS) is 10.5. The molecule has 2 rings (SSSR count). The number of imidazole rings is 1. The minimum atomic E-state index is -0.436. The molecule has 0 aliphatic rings. The molecule has 0 unspecified atom stereocenters. The van der Waals surface area contributed by atoms with Crippen molar-refractivity contribution in [3.8, 4) is 5.75 Å². The number of methoxy groups -OCH3 is 1. The Hall–Kier alpha value is -2.37. The van der Waals surface area contributed by atoms with Crippen LogP contribution in [0.5, 0.6) is 5.75 Å². The number of nitrogens with zero attached hydrogens (tertiary/aromatic N) is 3. The van der Waals surface area contributed by atoms with E-state index in [4.69, 9.17) is 4.74 Å². The Labute approximate surface area is 110 Å². The lowest BCUT2D eigenvalue weighted by Gasteiger charge is -2.07. The number of benzene rings is 1. The van der Waals surface area contributed by atoms with Gasteiger partial charge in [0.05, 0.1) is 24.1 Å². The third kappa shape index (κ3) is 2.57. The van der Waals surface area contributed by atoms with Crippen LogP contribution in [0.2, 0.25) is 0 Å². The fraction of sp³-hybridized carbons (Fsp3) is 0.308. The highest BCUT2D eigenvalue weighted by Crippen LogP contribution is 2.27. The standard InChI is InChI=1S/C13H15N3O3/c1-9-10(2)15(8-14-9)7-11-4-5-13(19-3)12(6-11)16(17)18/h4-6,8H,7H2,1-3H3. The second-order valence-electron chi connectivity index (χ2n) is 4.31. The molecule has 1 aromatic heterocycles. The molecule has 0 saturated carbocycles. The van der Waals surface area contributed by atoms with E-state index in [1.54, 1.807) is 12.4 Å². The molecule has 6 nitrogen and oxygen atoms in total. The molecule has 0 amide bonds. The van der Waals surface area contributed by atoms with Crippen LogP contribution in [0.15, 0.2) is 24.5 Å². The van der Waals surface area contributed by atoms with Crippen LogP contribution in [0, 0.1) is 24.0 Å². The van der Waals surface area contributed by atoms with E-state index in [-0.39, 0.29) is 11.4 Å². The van der Waals surface area contributed by atoms with Gasteiger partial charge in [-0.25, -0.2) is 4.98 Å². The van der Waals surface area contributed by atoms with Crippen molar-refractivity contribution in [2.24, 2.45) is 0 Å². The maximum Gasteiger partial charge on any atom is 0.311 e. The topological polar surface area (TPSA) is 70.2 Å². The second-order valence-corrected chi connectivity index (χ2v) is 4.31. The van der Waals surface area contributed by atoms with Gasteiger partial charge in [0, 0.05) is 18.3 Å². The molecule has 6 heteroatoms. The van der Waals surface area contributed by atoms with Crippen LogP contribution in [-0.2, 0) is 6.54 Å². The smallest absolute Gasteiger partial charge is 0.311 e. The highest BCUT2D eigenvalue weighted by molar-refractivity contribution is 5.48. The first-order chi connectivity index (χ1) is 9.02. The van der Waals surface area contributed by atoms with Crippen LogP contribution in [0.3, 0.4) is 0 Å². The maximum atomic E-state index is 11.0. The lowest BCUT2D eigenvalue weighted by atomic mass is 10.2. The van der Waals surface area contributed by atoms with Gasteiger partial charge in [0.2, 0.25) is 0 Å². The summed E-state index contributed by atoms with van der Waals surface area (Å²) in [6.45, 7) is 4.46. The van der Waals surface area contributed by atoms with Crippen molar-refractivity contribution < 1.29 is 9.66 Å². The van der Waals surface area contributed by atoms with Crippen LogP contribution in [0.4, 0.5) is 5.69 Å². The molecule has 0 bridgehead atoms. The van der Waals surface area contributed by atoms with Crippen LogP contribution >= 0.6 is 0 Å². The summed E-state index contributed by atoms with van der Waals surface area (Å²) in [5.74, 6) is 0.271. The predicted octanol–water partition coefficient (Wildman–Crippen LogP) is 2.47. The highest BCUT2D eigenvalue weighted by atomic mass is 16.6.